The maximum atomic E-state index is 14.0. The molecule has 4 aromatic rings. The molecule has 0 saturated carbocycles. The topological polar surface area (TPSA) is 34.1 Å². The first-order valence-corrected chi connectivity index (χ1v) is 16.5. The van der Waals surface area contributed by atoms with Crippen molar-refractivity contribution >= 4 is 35.5 Å². The van der Waals surface area contributed by atoms with Crippen molar-refractivity contribution in [2.24, 2.45) is 0 Å². The van der Waals surface area contributed by atoms with Crippen LogP contribution in [-0.2, 0) is 9.13 Å². The molecule has 2 nitrogen and oxygen atoms in total. The molecule has 0 unspecified atom stereocenters. The van der Waals surface area contributed by atoms with E-state index in [2.05, 4.69) is 12.2 Å². The van der Waals surface area contributed by atoms with E-state index >= 15 is 0 Å². The highest BCUT2D eigenvalue weighted by molar-refractivity contribution is 7.81. The first-order chi connectivity index (χ1) is 18.1. The fraction of sp³-hybridized carbons (Fsp3) is 0.152. The number of rotatable bonds is 12. The number of hydrogen-bond donors (Lipinski definition) is 0. The minimum absolute atomic E-state index is 0.865. The number of benzene rings is 4. The van der Waals surface area contributed by atoms with Gasteiger partial charge in [-0.05, 0) is 37.3 Å². The van der Waals surface area contributed by atoms with Gasteiger partial charge in [0.25, 0.3) is 0 Å². The summed E-state index contributed by atoms with van der Waals surface area (Å²) in [6.07, 6.45) is 9.06. The molecule has 188 valence electrons. The molecule has 0 aliphatic rings. The minimum atomic E-state index is -2.79. The lowest BCUT2D eigenvalue weighted by molar-refractivity contribution is 0.591. The Labute approximate surface area is 221 Å². The Morgan fingerprint density at radius 2 is 0.676 bits per heavy atom. The van der Waals surface area contributed by atoms with Crippen molar-refractivity contribution in [1.29, 1.82) is 0 Å². The summed E-state index contributed by atoms with van der Waals surface area (Å²) in [5.74, 6) is 3.85. The smallest absolute Gasteiger partial charge is 0.163 e. The summed E-state index contributed by atoms with van der Waals surface area (Å²) in [5.41, 5.74) is 0. The van der Waals surface area contributed by atoms with E-state index in [4.69, 9.17) is 0 Å². The number of hydrogen-bond acceptors (Lipinski definition) is 2. The summed E-state index contributed by atoms with van der Waals surface area (Å²) in [7, 11) is -5.58. The highest BCUT2D eigenvalue weighted by atomic mass is 31.2. The Balaban J connectivity index is 1.32. The van der Waals surface area contributed by atoms with Gasteiger partial charge >= 0.3 is 0 Å². The van der Waals surface area contributed by atoms with Crippen molar-refractivity contribution in [3.05, 3.63) is 145 Å². The number of unbranched alkanes of at least 4 members (excludes halogenated alkanes) is 4. The van der Waals surface area contributed by atoms with Gasteiger partial charge in [0.05, 0.1) is 0 Å². The third-order valence-electron chi connectivity index (χ3n) is 6.43. The fourth-order valence-corrected chi connectivity index (χ4v) is 9.02. The van der Waals surface area contributed by atoms with Crippen LogP contribution in [0.1, 0.15) is 32.1 Å². The van der Waals surface area contributed by atoms with Gasteiger partial charge in [-0.25, -0.2) is 0 Å². The molecule has 37 heavy (non-hydrogen) atoms. The van der Waals surface area contributed by atoms with E-state index < -0.39 is 14.3 Å². The Kier molecular flexibility index (Phi) is 9.72. The van der Waals surface area contributed by atoms with Crippen LogP contribution >= 0.6 is 14.3 Å². The Morgan fingerprint density at radius 3 is 0.946 bits per heavy atom. The Morgan fingerprint density at radius 1 is 0.405 bits per heavy atom. The van der Waals surface area contributed by atoms with Crippen molar-refractivity contribution in [2.75, 3.05) is 0 Å². The normalized spacial score (nSPS) is 12.3. The van der Waals surface area contributed by atoms with Crippen LogP contribution in [0.3, 0.4) is 0 Å². The van der Waals surface area contributed by atoms with Crippen LogP contribution in [0.2, 0.25) is 0 Å². The predicted molar refractivity (Wildman–Crippen MR) is 161 cm³/mol. The van der Waals surface area contributed by atoms with Gasteiger partial charge in [-0.15, -0.1) is 0 Å². The SMILES string of the molecule is O=P(C=CCCCCC/C=C/P(=O)(c1ccccc1)c1ccccc1)(c1ccccc1)c1ccccc1. The standard InChI is InChI=1S/C33H34O2P2/c34-36(30-20-10-6-11-21-30,31-22-12-7-13-23-31)28-18-4-2-1-3-5-19-29-37(35,32-24-14-8-15-25-32)33-26-16-9-17-27-33/h6-29H,1-5H2/b28-18+,29-19?. The Hall–Kier alpha value is -3.18. The fourth-order valence-electron chi connectivity index (χ4n) is 4.39. The van der Waals surface area contributed by atoms with Crippen molar-refractivity contribution in [3.63, 3.8) is 0 Å². The summed E-state index contributed by atoms with van der Waals surface area (Å²) < 4.78 is 28.0. The molecule has 4 rings (SSSR count). The largest absolute Gasteiger partial charge is 0.309 e. The molecule has 0 N–H and O–H groups in total. The second-order valence-corrected chi connectivity index (χ2v) is 14.4. The summed E-state index contributed by atoms with van der Waals surface area (Å²) in [4.78, 5) is 0. The van der Waals surface area contributed by atoms with E-state index in [0.717, 1.165) is 53.3 Å². The summed E-state index contributed by atoms with van der Waals surface area (Å²) >= 11 is 0. The monoisotopic (exact) mass is 524 g/mol. The molecule has 0 atom stereocenters. The summed E-state index contributed by atoms with van der Waals surface area (Å²) in [6, 6.07) is 39.0. The Bertz CT molecular complexity index is 1180. The first-order valence-electron chi connectivity index (χ1n) is 12.9. The molecule has 0 bridgehead atoms. The second kappa shape index (κ2) is 13.4. The predicted octanol–water partition coefficient (Wildman–Crippen LogP) is 7.99. The van der Waals surface area contributed by atoms with Crippen molar-refractivity contribution in [3.8, 4) is 0 Å². The molecular weight excluding hydrogens is 490 g/mol. The molecule has 0 fully saturated rings. The van der Waals surface area contributed by atoms with Crippen molar-refractivity contribution < 1.29 is 9.13 Å². The third-order valence-corrected chi connectivity index (χ3v) is 12.0. The first kappa shape index (κ1) is 26.9. The van der Waals surface area contributed by atoms with Gasteiger partial charge in [-0.2, -0.15) is 0 Å². The molecule has 4 aromatic carbocycles. The van der Waals surface area contributed by atoms with Gasteiger partial charge in [0.2, 0.25) is 0 Å². The lowest BCUT2D eigenvalue weighted by atomic mass is 10.1. The van der Waals surface area contributed by atoms with E-state index in [-0.39, 0.29) is 0 Å². The zero-order valence-corrected chi connectivity index (χ0v) is 22.9. The lowest BCUT2D eigenvalue weighted by Crippen LogP contribution is -2.13. The van der Waals surface area contributed by atoms with Crippen molar-refractivity contribution in [2.45, 2.75) is 32.1 Å². The zero-order valence-electron chi connectivity index (χ0n) is 21.1. The molecule has 0 aliphatic heterocycles. The molecule has 0 heterocycles. The second-order valence-electron chi connectivity index (χ2n) is 9.07. The summed E-state index contributed by atoms with van der Waals surface area (Å²) in [5, 5.41) is 3.46. The molecule has 0 spiro atoms. The van der Waals surface area contributed by atoms with Crippen LogP contribution in [0.5, 0.6) is 0 Å². The van der Waals surface area contributed by atoms with Crippen molar-refractivity contribution in [1.82, 2.24) is 0 Å². The maximum absolute atomic E-state index is 14.0. The average Bonchev–Trinajstić information content (AvgIpc) is 2.98. The van der Waals surface area contributed by atoms with Crippen LogP contribution in [-0.4, -0.2) is 0 Å². The average molecular weight is 525 g/mol. The van der Waals surface area contributed by atoms with Crippen LogP contribution < -0.4 is 21.2 Å². The van der Waals surface area contributed by atoms with Gasteiger partial charge in [-0.3, -0.25) is 0 Å². The number of allylic oxidation sites excluding steroid dienone is 2. The van der Waals surface area contributed by atoms with Gasteiger partial charge in [0.15, 0.2) is 14.3 Å². The lowest BCUT2D eigenvalue weighted by Gasteiger charge is -2.15. The van der Waals surface area contributed by atoms with Gasteiger partial charge in [0.1, 0.15) is 0 Å². The van der Waals surface area contributed by atoms with Crippen LogP contribution in [0.25, 0.3) is 0 Å². The van der Waals surface area contributed by atoms with E-state index in [9.17, 15) is 9.13 Å². The highest BCUT2D eigenvalue weighted by Gasteiger charge is 2.24. The van der Waals surface area contributed by atoms with E-state index in [1.165, 1.54) is 0 Å². The van der Waals surface area contributed by atoms with Gasteiger partial charge in [0, 0.05) is 21.2 Å². The maximum Gasteiger partial charge on any atom is 0.163 e. The van der Waals surface area contributed by atoms with E-state index in [0.29, 0.717) is 0 Å². The summed E-state index contributed by atoms with van der Waals surface area (Å²) in [6.45, 7) is 0. The third kappa shape index (κ3) is 6.98. The minimum Gasteiger partial charge on any atom is -0.309 e. The van der Waals surface area contributed by atoms with Crippen LogP contribution in [0.15, 0.2) is 145 Å². The molecule has 0 radical (unpaired) electrons. The van der Waals surface area contributed by atoms with E-state index in [1.807, 2.05) is 133 Å². The van der Waals surface area contributed by atoms with E-state index in [1.54, 1.807) is 0 Å². The molecular formula is C33H34O2P2. The quantitative estimate of drug-likeness (QED) is 0.139. The van der Waals surface area contributed by atoms with Crippen LogP contribution in [0, 0.1) is 0 Å². The zero-order chi connectivity index (χ0) is 25.8. The van der Waals surface area contributed by atoms with Gasteiger partial charge in [-0.1, -0.05) is 140 Å². The molecule has 4 heteroatoms. The molecule has 0 amide bonds. The molecule has 0 aromatic heterocycles. The van der Waals surface area contributed by atoms with Crippen LogP contribution in [0.4, 0.5) is 0 Å². The molecule has 0 saturated heterocycles. The molecule has 0 aliphatic carbocycles. The van der Waals surface area contributed by atoms with Gasteiger partial charge < -0.3 is 9.13 Å². The highest BCUT2D eigenvalue weighted by Crippen LogP contribution is 2.46.